The second-order valence-electron chi connectivity index (χ2n) is 2.42. The minimum absolute atomic E-state index is 0.318. The van der Waals surface area contributed by atoms with Gasteiger partial charge in [0, 0.05) is 18.5 Å². The fraction of sp³-hybridized carbons (Fsp3) is 0. The van der Waals surface area contributed by atoms with Crippen LogP contribution in [0.3, 0.4) is 0 Å². The molecule has 2 aromatic rings. The maximum absolute atomic E-state index is 12.7. The van der Waals surface area contributed by atoms with Gasteiger partial charge in [-0.05, 0) is 6.07 Å². The number of halogens is 1. The number of benzene rings is 1. The molecule has 0 aliphatic rings. The van der Waals surface area contributed by atoms with Gasteiger partial charge in [-0.1, -0.05) is 0 Å². The summed E-state index contributed by atoms with van der Waals surface area (Å²) >= 11 is 0. The van der Waals surface area contributed by atoms with E-state index in [1.807, 2.05) is 0 Å². The summed E-state index contributed by atoms with van der Waals surface area (Å²) in [5.74, 6) is -0.388. The highest BCUT2D eigenvalue weighted by molar-refractivity contribution is 5.85. The Labute approximate surface area is 68.1 Å². The van der Waals surface area contributed by atoms with Crippen LogP contribution in [0.15, 0.2) is 24.5 Å². The number of hydrogen-bond acceptors (Lipinski definition) is 3. The Hall–Kier alpha value is -1.71. The number of anilines is 1. The average Bonchev–Trinajstić information content (AvgIpc) is 2.04. The average molecular weight is 163 g/mol. The number of hydrogen-bond donors (Lipinski definition) is 1. The number of nitrogens with zero attached hydrogens (tertiary/aromatic N) is 2. The molecule has 0 saturated heterocycles. The van der Waals surface area contributed by atoms with Crippen molar-refractivity contribution < 1.29 is 4.39 Å². The number of nitrogens with two attached hydrogens (primary N) is 1. The Kier molecular flexibility index (Phi) is 1.40. The van der Waals surface area contributed by atoms with Crippen LogP contribution in [-0.2, 0) is 0 Å². The molecule has 1 aromatic carbocycles. The second-order valence-corrected chi connectivity index (χ2v) is 2.42. The van der Waals surface area contributed by atoms with Crippen molar-refractivity contribution in [1.29, 1.82) is 0 Å². The minimum atomic E-state index is -0.388. The van der Waals surface area contributed by atoms with Gasteiger partial charge in [0.1, 0.15) is 11.3 Å². The van der Waals surface area contributed by atoms with Crippen molar-refractivity contribution in [2.75, 3.05) is 5.73 Å². The summed E-state index contributed by atoms with van der Waals surface area (Å²) in [4.78, 5) is 7.89. The second kappa shape index (κ2) is 2.41. The number of nitrogen functional groups attached to an aromatic ring is 1. The van der Waals surface area contributed by atoms with Crippen LogP contribution >= 0.6 is 0 Å². The van der Waals surface area contributed by atoms with Crippen molar-refractivity contribution >= 4 is 16.7 Å². The van der Waals surface area contributed by atoms with E-state index >= 15 is 0 Å². The zero-order chi connectivity index (χ0) is 8.55. The topological polar surface area (TPSA) is 51.8 Å². The van der Waals surface area contributed by atoms with Crippen LogP contribution in [0, 0.1) is 5.82 Å². The molecule has 60 valence electrons. The first-order chi connectivity index (χ1) is 5.77. The van der Waals surface area contributed by atoms with Crippen LogP contribution in [0.1, 0.15) is 0 Å². The molecule has 1 heterocycles. The molecular formula is C8H6FN3. The molecule has 1 aromatic heterocycles. The van der Waals surface area contributed by atoms with Crippen LogP contribution in [0.5, 0.6) is 0 Å². The number of aromatic nitrogens is 2. The lowest BCUT2D eigenvalue weighted by atomic mass is 10.2. The summed E-state index contributed by atoms with van der Waals surface area (Å²) in [6.45, 7) is 0. The van der Waals surface area contributed by atoms with Crippen LogP contribution < -0.4 is 5.73 Å². The van der Waals surface area contributed by atoms with Gasteiger partial charge in [-0.15, -0.1) is 0 Å². The van der Waals surface area contributed by atoms with E-state index in [2.05, 4.69) is 9.97 Å². The van der Waals surface area contributed by atoms with Gasteiger partial charge < -0.3 is 5.73 Å². The Morgan fingerprint density at radius 2 is 1.92 bits per heavy atom. The van der Waals surface area contributed by atoms with E-state index in [-0.39, 0.29) is 5.82 Å². The Morgan fingerprint density at radius 3 is 2.75 bits per heavy atom. The molecule has 0 bridgehead atoms. The first kappa shape index (κ1) is 6.97. The van der Waals surface area contributed by atoms with Gasteiger partial charge >= 0.3 is 0 Å². The highest BCUT2D eigenvalue weighted by atomic mass is 19.1. The van der Waals surface area contributed by atoms with E-state index in [1.165, 1.54) is 24.5 Å². The summed E-state index contributed by atoms with van der Waals surface area (Å²) in [6, 6.07) is 2.54. The van der Waals surface area contributed by atoms with Gasteiger partial charge in [0.15, 0.2) is 0 Å². The summed E-state index contributed by atoms with van der Waals surface area (Å²) in [5.41, 5.74) is 6.85. The molecule has 4 heteroatoms. The van der Waals surface area contributed by atoms with E-state index in [0.717, 1.165) is 0 Å². The van der Waals surface area contributed by atoms with E-state index < -0.39 is 0 Å². The minimum Gasteiger partial charge on any atom is -0.397 e. The third kappa shape index (κ3) is 0.972. The van der Waals surface area contributed by atoms with E-state index in [0.29, 0.717) is 16.7 Å². The predicted octanol–water partition coefficient (Wildman–Crippen LogP) is 1.35. The summed E-state index contributed by atoms with van der Waals surface area (Å²) in [7, 11) is 0. The first-order valence-corrected chi connectivity index (χ1v) is 3.43. The van der Waals surface area contributed by atoms with Gasteiger partial charge in [-0.25, -0.2) is 4.39 Å². The third-order valence-electron chi connectivity index (χ3n) is 1.57. The van der Waals surface area contributed by atoms with Crippen LogP contribution in [0.25, 0.3) is 11.0 Å². The smallest absolute Gasteiger partial charge is 0.127 e. The van der Waals surface area contributed by atoms with Gasteiger partial charge in [0.2, 0.25) is 0 Å². The van der Waals surface area contributed by atoms with Crippen molar-refractivity contribution in [3.8, 4) is 0 Å². The van der Waals surface area contributed by atoms with Crippen molar-refractivity contribution in [1.82, 2.24) is 9.97 Å². The van der Waals surface area contributed by atoms with E-state index in [1.54, 1.807) is 0 Å². The lowest BCUT2D eigenvalue weighted by molar-refractivity contribution is 0.630. The lowest BCUT2D eigenvalue weighted by Crippen LogP contribution is -1.92. The lowest BCUT2D eigenvalue weighted by Gasteiger charge is -1.98. The Balaban J connectivity index is 2.89. The predicted molar refractivity (Wildman–Crippen MR) is 43.9 cm³/mol. The molecule has 2 N–H and O–H groups in total. The molecule has 12 heavy (non-hydrogen) atoms. The first-order valence-electron chi connectivity index (χ1n) is 3.43. The van der Waals surface area contributed by atoms with Gasteiger partial charge in [-0.3, -0.25) is 9.97 Å². The quantitative estimate of drug-likeness (QED) is 0.596. The zero-order valence-corrected chi connectivity index (χ0v) is 6.16. The molecule has 0 fully saturated rings. The molecule has 0 aliphatic heterocycles. The molecule has 0 amide bonds. The van der Waals surface area contributed by atoms with Crippen molar-refractivity contribution in [2.45, 2.75) is 0 Å². The standard InChI is InChI=1S/C8H6FN3/c9-5-3-6(10)8-7(4-5)11-1-2-12-8/h1-4H,10H2. The Morgan fingerprint density at radius 1 is 1.17 bits per heavy atom. The van der Waals surface area contributed by atoms with Gasteiger partial charge in [0.25, 0.3) is 0 Å². The monoisotopic (exact) mass is 163 g/mol. The highest BCUT2D eigenvalue weighted by Gasteiger charge is 2.01. The normalized spacial score (nSPS) is 10.4. The Bertz CT molecular complexity index is 428. The molecule has 0 spiro atoms. The van der Waals surface area contributed by atoms with Crippen LogP contribution in [0.2, 0.25) is 0 Å². The molecule has 0 atom stereocenters. The van der Waals surface area contributed by atoms with Gasteiger partial charge in [-0.2, -0.15) is 0 Å². The molecular weight excluding hydrogens is 157 g/mol. The number of fused-ring (bicyclic) bond motifs is 1. The van der Waals surface area contributed by atoms with E-state index in [9.17, 15) is 4.39 Å². The van der Waals surface area contributed by atoms with Crippen LogP contribution in [-0.4, -0.2) is 9.97 Å². The fourth-order valence-corrected chi connectivity index (χ4v) is 1.07. The molecule has 0 aliphatic carbocycles. The molecule has 3 nitrogen and oxygen atoms in total. The molecule has 0 saturated carbocycles. The fourth-order valence-electron chi connectivity index (χ4n) is 1.07. The highest BCUT2D eigenvalue weighted by Crippen LogP contribution is 2.17. The van der Waals surface area contributed by atoms with Crippen LogP contribution in [0.4, 0.5) is 10.1 Å². The van der Waals surface area contributed by atoms with Crippen molar-refractivity contribution in [3.05, 3.63) is 30.3 Å². The molecule has 0 radical (unpaired) electrons. The van der Waals surface area contributed by atoms with Gasteiger partial charge in [0.05, 0.1) is 11.2 Å². The SMILES string of the molecule is Nc1cc(F)cc2nccnc12. The zero-order valence-electron chi connectivity index (χ0n) is 6.16. The maximum Gasteiger partial charge on any atom is 0.127 e. The van der Waals surface area contributed by atoms with Crippen molar-refractivity contribution in [2.24, 2.45) is 0 Å². The summed E-state index contributed by atoms with van der Waals surface area (Å²) in [6.07, 6.45) is 3.03. The summed E-state index contributed by atoms with van der Waals surface area (Å²) in [5, 5.41) is 0. The molecule has 0 unspecified atom stereocenters. The van der Waals surface area contributed by atoms with Crippen molar-refractivity contribution in [3.63, 3.8) is 0 Å². The largest absolute Gasteiger partial charge is 0.397 e. The molecule has 2 rings (SSSR count). The summed E-state index contributed by atoms with van der Waals surface area (Å²) < 4.78 is 12.7. The maximum atomic E-state index is 12.7. The van der Waals surface area contributed by atoms with E-state index in [4.69, 9.17) is 5.73 Å². The number of rotatable bonds is 0. The third-order valence-corrected chi connectivity index (χ3v) is 1.57.